The van der Waals surface area contributed by atoms with E-state index >= 15 is 0 Å². The summed E-state index contributed by atoms with van der Waals surface area (Å²) in [5, 5.41) is 0. The molecule has 25 heavy (non-hydrogen) atoms. The smallest absolute Gasteiger partial charge is 0.324 e. The van der Waals surface area contributed by atoms with Crippen LogP contribution in [-0.4, -0.2) is 30.9 Å². The highest BCUT2D eigenvalue weighted by molar-refractivity contribution is 6.06. The van der Waals surface area contributed by atoms with E-state index in [0.29, 0.717) is 11.1 Å². The number of hydrogen-bond donors (Lipinski definition) is 0. The first kappa shape index (κ1) is 18.9. The van der Waals surface area contributed by atoms with E-state index in [-0.39, 0.29) is 25.4 Å². The van der Waals surface area contributed by atoms with Gasteiger partial charge in [-0.3, -0.25) is 14.4 Å². The molecule has 134 valence electrons. The van der Waals surface area contributed by atoms with Crippen LogP contribution in [0.5, 0.6) is 0 Å². The normalized spacial score (nSPS) is 21.6. The number of carbonyl (C=O) groups excluding carboxylic acids is 3. The molecule has 0 aromatic heterocycles. The quantitative estimate of drug-likeness (QED) is 0.343. The minimum Gasteiger partial charge on any atom is -0.465 e. The molecule has 1 saturated carbocycles. The van der Waals surface area contributed by atoms with Crippen molar-refractivity contribution < 1.29 is 23.9 Å². The van der Waals surface area contributed by atoms with Crippen LogP contribution >= 0.6 is 0 Å². The van der Waals surface area contributed by atoms with Crippen LogP contribution in [0.25, 0.3) is 0 Å². The van der Waals surface area contributed by atoms with Crippen LogP contribution in [0.1, 0.15) is 37.6 Å². The van der Waals surface area contributed by atoms with Crippen molar-refractivity contribution in [2.75, 3.05) is 13.2 Å². The summed E-state index contributed by atoms with van der Waals surface area (Å²) >= 11 is 0. The van der Waals surface area contributed by atoms with E-state index in [9.17, 15) is 14.4 Å². The van der Waals surface area contributed by atoms with E-state index in [2.05, 4.69) is 6.58 Å². The highest BCUT2D eigenvalue weighted by atomic mass is 16.6. The first-order chi connectivity index (χ1) is 11.9. The van der Waals surface area contributed by atoms with Gasteiger partial charge in [0.2, 0.25) is 0 Å². The zero-order valence-corrected chi connectivity index (χ0v) is 14.9. The Morgan fingerprint density at radius 1 is 1.08 bits per heavy atom. The van der Waals surface area contributed by atoms with Crippen LogP contribution in [0, 0.1) is 17.3 Å². The molecular weight excluding hydrogens is 320 g/mol. The number of rotatable bonds is 6. The van der Waals surface area contributed by atoms with Crippen LogP contribution in [0.4, 0.5) is 0 Å². The molecule has 0 N–H and O–H groups in total. The average molecular weight is 344 g/mol. The molecule has 0 spiro atoms. The van der Waals surface area contributed by atoms with Crippen molar-refractivity contribution in [3.63, 3.8) is 0 Å². The number of allylic oxidation sites excluding steroid dienone is 1. The molecule has 1 aromatic carbocycles. The second-order valence-electron chi connectivity index (χ2n) is 6.24. The summed E-state index contributed by atoms with van der Waals surface area (Å²) in [6.07, 6.45) is 0.0646. The fraction of sp³-hybridized carbons (Fsp3) is 0.450. The van der Waals surface area contributed by atoms with E-state index in [1.165, 1.54) is 0 Å². The zero-order valence-electron chi connectivity index (χ0n) is 14.9. The summed E-state index contributed by atoms with van der Waals surface area (Å²) in [4.78, 5) is 38.3. The molecule has 5 nitrogen and oxygen atoms in total. The largest absolute Gasteiger partial charge is 0.465 e. The summed E-state index contributed by atoms with van der Waals surface area (Å²) in [7, 11) is 0. The van der Waals surface area contributed by atoms with Gasteiger partial charge in [0.1, 0.15) is 0 Å². The first-order valence-electron chi connectivity index (χ1n) is 8.51. The zero-order chi connectivity index (χ0) is 18.6. The van der Waals surface area contributed by atoms with E-state index in [1.54, 1.807) is 45.0 Å². The minimum atomic E-state index is -1.52. The highest BCUT2D eigenvalue weighted by Crippen LogP contribution is 2.52. The van der Waals surface area contributed by atoms with E-state index in [0.717, 1.165) is 0 Å². The number of benzene rings is 1. The summed E-state index contributed by atoms with van der Waals surface area (Å²) in [6, 6.07) is 8.82. The summed E-state index contributed by atoms with van der Waals surface area (Å²) < 4.78 is 10.3. The molecule has 2 atom stereocenters. The SMILES string of the molecule is C=C1CC(C(=O)OCC)(C(=O)OCC)[C@H](C)[C@H]1C(=O)c1ccccc1. The Morgan fingerprint density at radius 3 is 2.08 bits per heavy atom. The van der Waals surface area contributed by atoms with Crippen molar-refractivity contribution in [3.8, 4) is 0 Å². The maximum absolute atomic E-state index is 13.0. The van der Waals surface area contributed by atoms with E-state index in [4.69, 9.17) is 9.47 Å². The van der Waals surface area contributed by atoms with Crippen molar-refractivity contribution in [3.05, 3.63) is 48.0 Å². The van der Waals surface area contributed by atoms with Crippen LogP contribution in [0.15, 0.2) is 42.5 Å². The van der Waals surface area contributed by atoms with Crippen molar-refractivity contribution in [1.29, 1.82) is 0 Å². The van der Waals surface area contributed by atoms with Crippen LogP contribution in [-0.2, 0) is 19.1 Å². The van der Waals surface area contributed by atoms with Gasteiger partial charge in [0.05, 0.1) is 13.2 Å². The van der Waals surface area contributed by atoms with Gasteiger partial charge >= 0.3 is 11.9 Å². The van der Waals surface area contributed by atoms with Crippen molar-refractivity contribution in [2.45, 2.75) is 27.2 Å². The van der Waals surface area contributed by atoms with Crippen molar-refractivity contribution in [2.24, 2.45) is 17.3 Å². The third kappa shape index (κ3) is 3.23. The number of hydrogen-bond acceptors (Lipinski definition) is 5. The molecular formula is C20H24O5. The van der Waals surface area contributed by atoms with Gasteiger partial charge in [-0.2, -0.15) is 0 Å². The van der Waals surface area contributed by atoms with Crippen molar-refractivity contribution in [1.82, 2.24) is 0 Å². The van der Waals surface area contributed by atoms with Gasteiger partial charge < -0.3 is 9.47 Å². The van der Waals surface area contributed by atoms with Crippen LogP contribution < -0.4 is 0 Å². The Bertz CT molecular complexity index is 659. The molecule has 0 radical (unpaired) electrons. The van der Waals surface area contributed by atoms with Crippen molar-refractivity contribution >= 4 is 17.7 Å². The lowest BCUT2D eigenvalue weighted by Crippen LogP contribution is -2.45. The summed E-state index contributed by atoms with van der Waals surface area (Å²) in [5.74, 6) is -2.66. The number of ether oxygens (including phenoxy) is 2. The maximum Gasteiger partial charge on any atom is 0.324 e. The van der Waals surface area contributed by atoms with Gasteiger partial charge in [0, 0.05) is 11.5 Å². The lowest BCUT2D eigenvalue weighted by atomic mass is 9.74. The van der Waals surface area contributed by atoms with Gasteiger partial charge in [0.15, 0.2) is 11.2 Å². The molecule has 0 aliphatic heterocycles. The molecule has 0 bridgehead atoms. The molecule has 2 rings (SSSR count). The number of ketones is 1. The Labute approximate surface area is 148 Å². The molecule has 1 aromatic rings. The van der Waals surface area contributed by atoms with Gasteiger partial charge in [-0.1, -0.05) is 49.4 Å². The summed E-state index contributed by atoms with van der Waals surface area (Å²) in [6.45, 7) is 9.35. The Hall–Kier alpha value is -2.43. The van der Waals surface area contributed by atoms with Gasteiger partial charge in [-0.25, -0.2) is 0 Å². The maximum atomic E-state index is 13.0. The van der Waals surface area contributed by atoms with Gasteiger partial charge in [0.25, 0.3) is 0 Å². The number of carbonyl (C=O) groups is 3. The van der Waals surface area contributed by atoms with E-state index < -0.39 is 29.2 Å². The second kappa shape index (κ2) is 7.64. The Kier molecular flexibility index (Phi) is 5.77. The third-order valence-corrected chi connectivity index (χ3v) is 4.84. The molecule has 5 heteroatoms. The number of Topliss-reactive ketones (excluding diaryl/α,β-unsaturated/α-hetero) is 1. The van der Waals surface area contributed by atoms with Crippen LogP contribution in [0.3, 0.4) is 0 Å². The Morgan fingerprint density at radius 2 is 1.60 bits per heavy atom. The number of esters is 2. The predicted octanol–water partition coefficient (Wildman–Crippen LogP) is 3.19. The van der Waals surface area contributed by atoms with Gasteiger partial charge in [-0.05, 0) is 26.2 Å². The predicted molar refractivity (Wildman–Crippen MR) is 92.9 cm³/mol. The first-order valence-corrected chi connectivity index (χ1v) is 8.51. The molecule has 1 aliphatic rings. The summed E-state index contributed by atoms with van der Waals surface area (Å²) in [5.41, 5.74) is -0.426. The second-order valence-corrected chi connectivity index (χ2v) is 6.24. The average Bonchev–Trinajstić information content (AvgIpc) is 2.87. The topological polar surface area (TPSA) is 69.7 Å². The lowest BCUT2D eigenvalue weighted by Gasteiger charge is -2.29. The minimum absolute atomic E-state index is 0.0646. The lowest BCUT2D eigenvalue weighted by molar-refractivity contribution is -0.174. The molecule has 1 fully saturated rings. The van der Waals surface area contributed by atoms with Gasteiger partial charge in [-0.15, -0.1) is 0 Å². The fourth-order valence-electron chi connectivity index (χ4n) is 3.58. The molecule has 0 saturated heterocycles. The molecule has 0 heterocycles. The standard InChI is InChI=1S/C20H24O5/c1-5-24-18(22)20(19(23)25-6-2)12-13(3)16(14(20)4)17(21)15-10-8-7-9-11-15/h7-11,14,16H,3,5-6,12H2,1-2,4H3/t14-,16+/m1/s1. The monoisotopic (exact) mass is 344 g/mol. The molecule has 0 unspecified atom stereocenters. The molecule has 0 amide bonds. The van der Waals surface area contributed by atoms with Crippen LogP contribution in [0.2, 0.25) is 0 Å². The molecule has 1 aliphatic carbocycles. The third-order valence-electron chi connectivity index (χ3n) is 4.84. The van der Waals surface area contributed by atoms with E-state index in [1.807, 2.05) is 6.07 Å². The highest BCUT2D eigenvalue weighted by Gasteiger charge is 2.61. The Balaban J connectivity index is 2.44. The fourth-order valence-corrected chi connectivity index (χ4v) is 3.58.